The third kappa shape index (κ3) is 3.53. The van der Waals surface area contributed by atoms with Crippen molar-refractivity contribution in [2.75, 3.05) is 18.4 Å². The molecular weight excluding hydrogens is 301 g/mol. The molecule has 1 aliphatic heterocycles. The summed E-state index contributed by atoms with van der Waals surface area (Å²) in [6.07, 6.45) is 3.60. The summed E-state index contributed by atoms with van der Waals surface area (Å²) < 4.78 is 13.7. The number of carboxylic acid groups (broad SMARTS) is 1. The zero-order valence-electron chi connectivity index (χ0n) is 12.3. The van der Waals surface area contributed by atoms with E-state index >= 15 is 0 Å². The Kier molecular flexibility index (Phi) is 4.31. The highest BCUT2D eigenvalue weighted by atomic mass is 19.1. The molecule has 0 spiro atoms. The molecule has 0 aromatic carbocycles. The number of aromatic nitrogens is 3. The number of piperidine rings is 1. The van der Waals surface area contributed by atoms with Gasteiger partial charge < -0.3 is 15.3 Å². The normalized spacial score (nSPS) is 17.8. The third-order valence-electron chi connectivity index (χ3n) is 3.72. The molecule has 0 saturated carbocycles. The largest absolute Gasteiger partial charge is 0.465 e. The Morgan fingerprint density at radius 2 is 2.22 bits per heavy atom. The van der Waals surface area contributed by atoms with Crippen molar-refractivity contribution in [1.82, 2.24) is 19.9 Å². The van der Waals surface area contributed by atoms with Crippen LogP contribution in [0.1, 0.15) is 12.8 Å². The van der Waals surface area contributed by atoms with Crippen LogP contribution in [0.4, 0.5) is 15.1 Å². The average Bonchev–Trinajstić information content (AvgIpc) is 2.56. The smallest absolute Gasteiger partial charge is 0.407 e. The topological polar surface area (TPSA) is 91.2 Å². The molecule has 8 heteroatoms. The van der Waals surface area contributed by atoms with Crippen molar-refractivity contribution in [3.05, 3.63) is 36.5 Å². The Morgan fingerprint density at radius 3 is 3.00 bits per heavy atom. The van der Waals surface area contributed by atoms with E-state index in [0.29, 0.717) is 30.3 Å². The van der Waals surface area contributed by atoms with Gasteiger partial charge in [0.2, 0.25) is 11.9 Å². The molecule has 1 saturated heterocycles. The van der Waals surface area contributed by atoms with Crippen LogP contribution in [-0.4, -0.2) is 50.2 Å². The lowest BCUT2D eigenvalue weighted by atomic mass is 10.1. The van der Waals surface area contributed by atoms with Crippen LogP contribution in [0.15, 0.2) is 30.6 Å². The SMILES string of the molecule is O=C(O)N1CCC[C@H](Nc2nccc(-c3cccnc3F)n2)C1. The molecule has 2 aromatic rings. The Hall–Kier alpha value is -2.77. The maximum Gasteiger partial charge on any atom is 0.407 e. The second kappa shape index (κ2) is 6.55. The van der Waals surface area contributed by atoms with Gasteiger partial charge in [-0.15, -0.1) is 0 Å². The van der Waals surface area contributed by atoms with E-state index in [-0.39, 0.29) is 6.04 Å². The number of carbonyl (C=O) groups is 1. The van der Waals surface area contributed by atoms with Crippen molar-refractivity contribution < 1.29 is 14.3 Å². The summed E-state index contributed by atoms with van der Waals surface area (Å²) >= 11 is 0. The minimum absolute atomic E-state index is 0.0613. The Morgan fingerprint density at radius 1 is 1.35 bits per heavy atom. The van der Waals surface area contributed by atoms with Gasteiger partial charge in [0.1, 0.15) is 0 Å². The van der Waals surface area contributed by atoms with Gasteiger partial charge >= 0.3 is 6.09 Å². The maximum atomic E-state index is 13.7. The molecule has 7 nitrogen and oxygen atoms in total. The standard InChI is InChI=1S/C15H16FN5O2/c16-13-11(4-1-6-17-13)12-5-7-18-14(20-12)19-10-3-2-8-21(9-10)15(22)23/h1,4-7,10H,2-3,8-9H2,(H,22,23)(H,18,19,20)/t10-/m0/s1. The zero-order valence-corrected chi connectivity index (χ0v) is 12.3. The van der Waals surface area contributed by atoms with Gasteiger partial charge in [-0.2, -0.15) is 4.39 Å². The van der Waals surface area contributed by atoms with E-state index in [4.69, 9.17) is 5.11 Å². The summed E-state index contributed by atoms with van der Waals surface area (Å²) in [6.45, 7) is 0.916. The number of nitrogens with zero attached hydrogens (tertiary/aromatic N) is 4. The van der Waals surface area contributed by atoms with Gasteiger partial charge in [-0.1, -0.05) is 0 Å². The molecule has 0 unspecified atom stereocenters. The molecule has 3 rings (SSSR count). The van der Waals surface area contributed by atoms with Crippen molar-refractivity contribution in [1.29, 1.82) is 0 Å². The van der Waals surface area contributed by atoms with Crippen LogP contribution in [-0.2, 0) is 0 Å². The molecule has 1 amide bonds. The fourth-order valence-electron chi connectivity index (χ4n) is 2.61. The van der Waals surface area contributed by atoms with Crippen LogP contribution in [0.5, 0.6) is 0 Å². The monoisotopic (exact) mass is 317 g/mol. The van der Waals surface area contributed by atoms with Crippen LogP contribution in [0, 0.1) is 5.95 Å². The highest BCUT2D eigenvalue weighted by Crippen LogP contribution is 2.20. The van der Waals surface area contributed by atoms with Crippen LogP contribution in [0.3, 0.4) is 0 Å². The highest BCUT2D eigenvalue weighted by molar-refractivity contribution is 5.65. The van der Waals surface area contributed by atoms with E-state index in [0.717, 1.165) is 12.8 Å². The summed E-state index contributed by atoms with van der Waals surface area (Å²) in [5, 5.41) is 12.2. The number of hydrogen-bond acceptors (Lipinski definition) is 5. The Balaban J connectivity index is 1.76. The molecule has 120 valence electrons. The van der Waals surface area contributed by atoms with Crippen LogP contribution < -0.4 is 5.32 Å². The first-order valence-electron chi connectivity index (χ1n) is 7.32. The molecule has 3 heterocycles. The lowest BCUT2D eigenvalue weighted by molar-refractivity contribution is 0.132. The van der Waals surface area contributed by atoms with Gasteiger partial charge in [0.15, 0.2) is 0 Å². The third-order valence-corrected chi connectivity index (χ3v) is 3.72. The van der Waals surface area contributed by atoms with E-state index in [1.165, 1.54) is 17.3 Å². The highest BCUT2D eigenvalue weighted by Gasteiger charge is 2.23. The Labute approximate surface area is 132 Å². The number of amides is 1. The first-order chi connectivity index (χ1) is 11.1. The quantitative estimate of drug-likeness (QED) is 0.844. The molecule has 0 radical (unpaired) electrons. The number of rotatable bonds is 3. The fourth-order valence-corrected chi connectivity index (χ4v) is 2.61. The molecule has 0 bridgehead atoms. The maximum absolute atomic E-state index is 13.7. The van der Waals surface area contributed by atoms with E-state index in [2.05, 4.69) is 20.3 Å². The number of anilines is 1. The predicted octanol–water partition coefficient (Wildman–Crippen LogP) is 2.23. The summed E-state index contributed by atoms with van der Waals surface area (Å²) in [6, 6.07) is 4.78. The molecule has 2 N–H and O–H groups in total. The fraction of sp³-hybridized carbons (Fsp3) is 0.333. The first kappa shape index (κ1) is 15.1. The number of halogens is 1. The lowest BCUT2D eigenvalue weighted by Gasteiger charge is -2.31. The molecule has 2 aromatic heterocycles. The van der Waals surface area contributed by atoms with Crippen molar-refractivity contribution in [3.63, 3.8) is 0 Å². The van der Waals surface area contributed by atoms with Crippen molar-refractivity contribution in [2.45, 2.75) is 18.9 Å². The van der Waals surface area contributed by atoms with Crippen molar-refractivity contribution >= 4 is 12.0 Å². The lowest BCUT2D eigenvalue weighted by Crippen LogP contribution is -2.44. The van der Waals surface area contributed by atoms with E-state index in [9.17, 15) is 9.18 Å². The van der Waals surface area contributed by atoms with Crippen molar-refractivity contribution in [3.8, 4) is 11.3 Å². The van der Waals surface area contributed by atoms with Crippen LogP contribution >= 0.6 is 0 Å². The summed E-state index contributed by atoms with van der Waals surface area (Å²) in [4.78, 5) is 24.5. The molecule has 0 aliphatic carbocycles. The van der Waals surface area contributed by atoms with E-state index in [1.807, 2.05) is 0 Å². The number of nitrogens with one attached hydrogen (secondary N) is 1. The second-order valence-electron chi connectivity index (χ2n) is 5.32. The molecular formula is C15H16FN5O2. The second-order valence-corrected chi connectivity index (χ2v) is 5.32. The van der Waals surface area contributed by atoms with Gasteiger partial charge in [-0.3, -0.25) is 0 Å². The van der Waals surface area contributed by atoms with Gasteiger partial charge in [-0.25, -0.2) is 19.7 Å². The first-order valence-corrected chi connectivity index (χ1v) is 7.32. The van der Waals surface area contributed by atoms with E-state index < -0.39 is 12.0 Å². The number of hydrogen-bond donors (Lipinski definition) is 2. The summed E-state index contributed by atoms with van der Waals surface area (Å²) in [5.41, 5.74) is 0.729. The van der Waals surface area contributed by atoms with Gasteiger partial charge in [-0.05, 0) is 31.0 Å². The van der Waals surface area contributed by atoms with Gasteiger partial charge in [0.05, 0.1) is 11.3 Å². The minimum Gasteiger partial charge on any atom is -0.465 e. The average molecular weight is 317 g/mol. The molecule has 23 heavy (non-hydrogen) atoms. The molecule has 1 atom stereocenters. The summed E-state index contributed by atoms with van der Waals surface area (Å²) in [7, 11) is 0. The summed E-state index contributed by atoms with van der Waals surface area (Å²) in [5.74, 6) is -0.241. The van der Waals surface area contributed by atoms with E-state index in [1.54, 1.807) is 18.2 Å². The van der Waals surface area contributed by atoms with Crippen molar-refractivity contribution in [2.24, 2.45) is 0 Å². The minimum atomic E-state index is -0.927. The Bertz CT molecular complexity index is 712. The molecule has 1 aliphatic rings. The van der Waals surface area contributed by atoms with Crippen LogP contribution in [0.2, 0.25) is 0 Å². The molecule has 1 fully saturated rings. The van der Waals surface area contributed by atoms with Gasteiger partial charge in [0.25, 0.3) is 0 Å². The predicted molar refractivity (Wildman–Crippen MR) is 81.5 cm³/mol. The van der Waals surface area contributed by atoms with Gasteiger partial charge in [0, 0.05) is 31.5 Å². The number of pyridine rings is 1. The van der Waals surface area contributed by atoms with Crippen LogP contribution in [0.25, 0.3) is 11.3 Å². The zero-order chi connectivity index (χ0) is 16.2. The number of likely N-dealkylation sites (tertiary alicyclic amines) is 1.